The summed E-state index contributed by atoms with van der Waals surface area (Å²) in [7, 11) is 0. The fraction of sp³-hybridized carbons (Fsp3) is 0. The molecule has 1 aliphatic heterocycles. The van der Waals surface area contributed by atoms with Crippen LogP contribution in [0.25, 0.3) is 16.5 Å². The standard InChI is InChI=1S/C15H11ClN2/c16-15-13-10-12(6-5-11(13)7-9-18-15)14-4-2-1-3-8-17-14/h1-10,17H. The van der Waals surface area contributed by atoms with E-state index in [-0.39, 0.29) is 0 Å². The van der Waals surface area contributed by atoms with E-state index in [1.807, 2.05) is 36.6 Å². The van der Waals surface area contributed by atoms with Crippen LogP contribution in [-0.2, 0) is 0 Å². The third kappa shape index (κ3) is 2.03. The Balaban J connectivity index is 2.13. The van der Waals surface area contributed by atoms with Crippen LogP contribution < -0.4 is 5.32 Å². The molecule has 0 radical (unpaired) electrons. The number of hydrogen-bond acceptors (Lipinski definition) is 2. The first-order chi connectivity index (χ1) is 8.84. The molecule has 2 nitrogen and oxygen atoms in total. The summed E-state index contributed by atoms with van der Waals surface area (Å²) < 4.78 is 0. The van der Waals surface area contributed by atoms with E-state index in [1.54, 1.807) is 6.20 Å². The maximum absolute atomic E-state index is 6.12. The summed E-state index contributed by atoms with van der Waals surface area (Å²) in [4.78, 5) is 4.11. The van der Waals surface area contributed by atoms with E-state index in [0.29, 0.717) is 5.15 Å². The lowest BCUT2D eigenvalue weighted by Crippen LogP contribution is -2.02. The molecule has 2 heterocycles. The number of benzene rings is 1. The van der Waals surface area contributed by atoms with Crippen molar-refractivity contribution in [1.82, 2.24) is 10.3 Å². The van der Waals surface area contributed by atoms with Crippen LogP contribution in [0.3, 0.4) is 0 Å². The van der Waals surface area contributed by atoms with Gasteiger partial charge in [-0.25, -0.2) is 4.98 Å². The smallest absolute Gasteiger partial charge is 0.136 e. The zero-order valence-corrected chi connectivity index (χ0v) is 10.4. The number of rotatable bonds is 1. The first-order valence-corrected chi connectivity index (χ1v) is 6.07. The van der Waals surface area contributed by atoms with Gasteiger partial charge >= 0.3 is 0 Å². The molecule has 1 N–H and O–H groups in total. The summed E-state index contributed by atoms with van der Waals surface area (Å²) in [5, 5.41) is 5.84. The monoisotopic (exact) mass is 254 g/mol. The molecule has 1 aromatic carbocycles. The average molecular weight is 255 g/mol. The van der Waals surface area contributed by atoms with E-state index in [0.717, 1.165) is 22.0 Å². The predicted octanol–water partition coefficient (Wildman–Crippen LogP) is 3.90. The molecule has 3 heteroatoms. The molecule has 18 heavy (non-hydrogen) atoms. The molecule has 88 valence electrons. The Labute approximate surface area is 110 Å². The van der Waals surface area contributed by atoms with E-state index < -0.39 is 0 Å². The Kier molecular flexibility index (Phi) is 2.87. The normalized spacial score (nSPS) is 14.2. The molecule has 0 aliphatic carbocycles. The van der Waals surface area contributed by atoms with E-state index in [4.69, 9.17) is 11.6 Å². The molecule has 0 amide bonds. The van der Waals surface area contributed by atoms with Crippen molar-refractivity contribution in [3.63, 3.8) is 0 Å². The Morgan fingerprint density at radius 3 is 2.94 bits per heavy atom. The molecular formula is C15H11ClN2. The molecule has 0 atom stereocenters. The second-order valence-electron chi connectivity index (χ2n) is 4.01. The van der Waals surface area contributed by atoms with Gasteiger partial charge in [0.2, 0.25) is 0 Å². The molecule has 0 saturated heterocycles. The van der Waals surface area contributed by atoms with Gasteiger partial charge in [-0.2, -0.15) is 0 Å². The van der Waals surface area contributed by atoms with Crippen LogP contribution >= 0.6 is 11.6 Å². The zero-order valence-electron chi connectivity index (χ0n) is 9.60. The number of fused-ring (bicyclic) bond motifs is 1. The Morgan fingerprint density at radius 1 is 1.06 bits per heavy atom. The molecule has 0 bridgehead atoms. The van der Waals surface area contributed by atoms with Crippen LogP contribution in [0, 0.1) is 0 Å². The number of allylic oxidation sites excluding steroid dienone is 4. The first kappa shape index (κ1) is 11.1. The summed E-state index contributed by atoms with van der Waals surface area (Å²) in [6.45, 7) is 0. The van der Waals surface area contributed by atoms with Gasteiger partial charge in [0.05, 0.1) is 0 Å². The molecule has 0 unspecified atom stereocenters. The van der Waals surface area contributed by atoms with Gasteiger partial charge in [0, 0.05) is 23.5 Å². The van der Waals surface area contributed by atoms with Gasteiger partial charge in [-0.05, 0) is 35.2 Å². The highest BCUT2D eigenvalue weighted by Crippen LogP contribution is 2.25. The first-order valence-electron chi connectivity index (χ1n) is 5.69. The highest BCUT2D eigenvalue weighted by Gasteiger charge is 2.04. The third-order valence-electron chi connectivity index (χ3n) is 2.85. The van der Waals surface area contributed by atoms with E-state index in [2.05, 4.69) is 28.5 Å². The topological polar surface area (TPSA) is 24.9 Å². The predicted molar refractivity (Wildman–Crippen MR) is 76.1 cm³/mol. The van der Waals surface area contributed by atoms with Crippen molar-refractivity contribution in [3.05, 3.63) is 71.7 Å². The highest BCUT2D eigenvalue weighted by molar-refractivity contribution is 6.34. The molecule has 3 rings (SSSR count). The fourth-order valence-electron chi connectivity index (χ4n) is 1.94. The number of nitrogens with one attached hydrogen (secondary N) is 1. The quantitative estimate of drug-likeness (QED) is 0.781. The summed E-state index contributed by atoms with van der Waals surface area (Å²) in [6, 6.07) is 8.14. The number of hydrogen-bond donors (Lipinski definition) is 1. The van der Waals surface area contributed by atoms with E-state index in [1.165, 1.54) is 0 Å². The zero-order chi connectivity index (χ0) is 12.4. The minimum absolute atomic E-state index is 0.537. The maximum Gasteiger partial charge on any atom is 0.136 e. The molecule has 0 spiro atoms. The number of nitrogens with zero attached hydrogens (tertiary/aromatic N) is 1. The van der Waals surface area contributed by atoms with Crippen molar-refractivity contribution in [2.75, 3.05) is 0 Å². The van der Waals surface area contributed by atoms with Crippen LogP contribution in [0.1, 0.15) is 5.56 Å². The van der Waals surface area contributed by atoms with Gasteiger partial charge in [-0.3, -0.25) is 0 Å². The van der Waals surface area contributed by atoms with Gasteiger partial charge in [0.1, 0.15) is 5.15 Å². The summed E-state index contributed by atoms with van der Waals surface area (Å²) >= 11 is 6.12. The minimum Gasteiger partial charge on any atom is -0.361 e. The van der Waals surface area contributed by atoms with Crippen LogP contribution in [0.2, 0.25) is 5.15 Å². The Hall–Kier alpha value is -2.06. The largest absolute Gasteiger partial charge is 0.361 e. The van der Waals surface area contributed by atoms with Crippen molar-refractivity contribution in [1.29, 1.82) is 0 Å². The van der Waals surface area contributed by atoms with Gasteiger partial charge in [0.15, 0.2) is 0 Å². The number of aromatic nitrogens is 1. The third-order valence-corrected chi connectivity index (χ3v) is 3.15. The molecule has 2 aromatic rings. The van der Waals surface area contributed by atoms with Gasteiger partial charge < -0.3 is 5.32 Å². The van der Waals surface area contributed by atoms with Crippen LogP contribution in [0.15, 0.2) is 61.0 Å². The lowest BCUT2D eigenvalue weighted by Gasteiger charge is -2.08. The molecular weight excluding hydrogens is 244 g/mol. The molecule has 1 aliphatic rings. The van der Waals surface area contributed by atoms with Gasteiger partial charge in [-0.1, -0.05) is 35.9 Å². The number of pyridine rings is 1. The number of halogens is 1. The average Bonchev–Trinajstić information content (AvgIpc) is 2.68. The molecule has 1 aromatic heterocycles. The lowest BCUT2D eigenvalue weighted by atomic mass is 10.1. The SMILES string of the molecule is Clc1nccc2ccc(C3=CC=CC=CN3)cc12. The second kappa shape index (κ2) is 4.67. The van der Waals surface area contributed by atoms with Crippen molar-refractivity contribution in [2.45, 2.75) is 0 Å². The highest BCUT2D eigenvalue weighted by atomic mass is 35.5. The second-order valence-corrected chi connectivity index (χ2v) is 4.36. The van der Waals surface area contributed by atoms with Crippen LogP contribution in [0.5, 0.6) is 0 Å². The summed E-state index contributed by atoms with van der Waals surface area (Å²) in [5.74, 6) is 0. The van der Waals surface area contributed by atoms with Crippen molar-refractivity contribution < 1.29 is 0 Å². The van der Waals surface area contributed by atoms with E-state index >= 15 is 0 Å². The summed E-state index contributed by atoms with van der Waals surface area (Å²) in [5.41, 5.74) is 2.13. The fourth-order valence-corrected chi connectivity index (χ4v) is 2.16. The molecule has 0 saturated carbocycles. The minimum atomic E-state index is 0.537. The Bertz CT molecular complexity index is 684. The lowest BCUT2D eigenvalue weighted by molar-refractivity contribution is 1.22. The maximum atomic E-state index is 6.12. The van der Waals surface area contributed by atoms with Crippen molar-refractivity contribution in [3.8, 4) is 0 Å². The van der Waals surface area contributed by atoms with Crippen LogP contribution in [0.4, 0.5) is 0 Å². The van der Waals surface area contributed by atoms with Gasteiger partial charge in [-0.15, -0.1) is 0 Å². The molecule has 0 fully saturated rings. The van der Waals surface area contributed by atoms with E-state index in [9.17, 15) is 0 Å². The van der Waals surface area contributed by atoms with Gasteiger partial charge in [0.25, 0.3) is 0 Å². The Morgan fingerprint density at radius 2 is 2.00 bits per heavy atom. The van der Waals surface area contributed by atoms with Crippen molar-refractivity contribution >= 4 is 28.1 Å². The summed E-state index contributed by atoms with van der Waals surface area (Å²) in [6.07, 6.45) is 11.6. The van der Waals surface area contributed by atoms with Crippen molar-refractivity contribution in [2.24, 2.45) is 0 Å². The van der Waals surface area contributed by atoms with Crippen LogP contribution in [-0.4, -0.2) is 4.98 Å².